The number of amides is 2. The number of nitrogens with zero attached hydrogens (tertiary/aromatic N) is 3. The van der Waals surface area contributed by atoms with E-state index in [0.717, 1.165) is 5.56 Å². The summed E-state index contributed by atoms with van der Waals surface area (Å²) in [5.74, 6) is -0.877. The van der Waals surface area contributed by atoms with Crippen LogP contribution in [-0.4, -0.2) is 22.0 Å². The number of hydrogen-bond donors (Lipinski definition) is 0. The van der Waals surface area contributed by atoms with E-state index in [1.807, 2.05) is 30.4 Å². The third kappa shape index (κ3) is 2.29. The summed E-state index contributed by atoms with van der Waals surface area (Å²) in [5, 5.41) is 9.63. The molecule has 2 aromatic rings. The first-order valence-corrected chi connectivity index (χ1v) is 8.47. The van der Waals surface area contributed by atoms with Crippen LogP contribution in [0, 0.1) is 11.8 Å². The lowest BCUT2D eigenvalue weighted by Gasteiger charge is -2.14. The Morgan fingerprint density at radius 3 is 2.35 bits per heavy atom. The number of imide groups is 1. The highest BCUT2D eigenvalue weighted by Gasteiger charge is 2.49. The van der Waals surface area contributed by atoms with Gasteiger partial charge in [0.2, 0.25) is 16.9 Å². The Labute approximate surface area is 141 Å². The highest BCUT2D eigenvalue weighted by atomic mass is 35.5. The molecule has 1 aromatic carbocycles. The van der Waals surface area contributed by atoms with Crippen LogP contribution in [0.1, 0.15) is 12.8 Å². The highest BCUT2D eigenvalue weighted by molar-refractivity contribution is 7.19. The van der Waals surface area contributed by atoms with Crippen molar-refractivity contribution in [3.63, 3.8) is 0 Å². The molecule has 0 bridgehead atoms. The van der Waals surface area contributed by atoms with Crippen LogP contribution in [0.4, 0.5) is 5.13 Å². The van der Waals surface area contributed by atoms with Crippen LogP contribution in [0.3, 0.4) is 0 Å². The molecule has 1 aliphatic heterocycles. The van der Waals surface area contributed by atoms with Crippen LogP contribution in [-0.2, 0) is 9.59 Å². The van der Waals surface area contributed by atoms with Crippen molar-refractivity contribution in [2.24, 2.45) is 11.8 Å². The minimum atomic E-state index is -0.264. The number of anilines is 1. The molecule has 4 rings (SSSR count). The van der Waals surface area contributed by atoms with Gasteiger partial charge >= 0.3 is 0 Å². The molecule has 5 nitrogen and oxygen atoms in total. The molecule has 0 radical (unpaired) electrons. The Balaban J connectivity index is 1.69. The lowest BCUT2D eigenvalue weighted by atomic mass is 9.85. The van der Waals surface area contributed by atoms with Crippen LogP contribution in [0.25, 0.3) is 10.6 Å². The molecule has 1 saturated heterocycles. The number of carbonyl (C=O) groups is 2. The SMILES string of the molecule is O=C1C2CC=CCC2C(=O)N1c1nnc(-c2ccccc2Cl)s1. The molecule has 2 amide bonds. The molecule has 7 heteroatoms. The molecule has 0 saturated carbocycles. The molecule has 1 aliphatic carbocycles. The molecular weight excluding hydrogens is 334 g/mol. The second-order valence-electron chi connectivity index (χ2n) is 5.54. The summed E-state index contributed by atoms with van der Waals surface area (Å²) >= 11 is 7.38. The molecule has 2 aliphatic rings. The summed E-state index contributed by atoms with van der Waals surface area (Å²) in [6, 6.07) is 7.29. The third-order valence-electron chi connectivity index (χ3n) is 4.22. The van der Waals surface area contributed by atoms with Crippen molar-refractivity contribution < 1.29 is 9.59 Å². The van der Waals surface area contributed by atoms with Crippen molar-refractivity contribution >= 4 is 39.9 Å². The second kappa shape index (κ2) is 5.54. The number of aromatic nitrogens is 2. The lowest BCUT2D eigenvalue weighted by Crippen LogP contribution is -2.30. The minimum Gasteiger partial charge on any atom is -0.274 e. The summed E-state index contributed by atoms with van der Waals surface area (Å²) in [4.78, 5) is 26.3. The first-order valence-electron chi connectivity index (χ1n) is 7.28. The zero-order chi connectivity index (χ0) is 16.0. The Morgan fingerprint density at radius 1 is 1.04 bits per heavy atom. The van der Waals surface area contributed by atoms with Crippen LogP contribution in [0.15, 0.2) is 36.4 Å². The van der Waals surface area contributed by atoms with E-state index in [1.54, 1.807) is 6.07 Å². The quantitative estimate of drug-likeness (QED) is 0.618. The van der Waals surface area contributed by atoms with E-state index in [4.69, 9.17) is 11.6 Å². The maximum Gasteiger partial charge on any atom is 0.239 e. The van der Waals surface area contributed by atoms with Crippen molar-refractivity contribution in [2.75, 3.05) is 4.90 Å². The van der Waals surface area contributed by atoms with E-state index in [0.29, 0.717) is 28.0 Å². The van der Waals surface area contributed by atoms with Gasteiger partial charge in [-0.3, -0.25) is 9.59 Å². The van der Waals surface area contributed by atoms with Crippen LogP contribution >= 0.6 is 22.9 Å². The number of carbonyl (C=O) groups excluding carboxylic acids is 2. The van der Waals surface area contributed by atoms with Gasteiger partial charge in [-0.05, 0) is 18.9 Å². The third-order valence-corrected chi connectivity index (χ3v) is 5.49. The van der Waals surface area contributed by atoms with E-state index in [-0.39, 0.29) is 23.7 Å². The normalized spacial score (nSPS) is 23.4. The van der Waals surface area contributed by atoms with Crippen LogP contribution < -0.4 is 4.90 Å². The molecule has 116 valence electrons. The fraction of sp³-hybridized carbons (Fsp3) is 0.250. The van der Waals surface area contributed by atoms with Crippen molar-refractivity contribution in [3.05, 3.63) is 41.4 Å². The topological polar surface area (TPSA) is 63.2 Å². The number of halogens is 1. The van der Waals surface area contributed by atoms with Crippen LogP contribution in [0.5, 0.6) is 0 Å². The molecule has 1 aromatic heterocycles. The van der Waals surface area contributed by atoms with E-state index in [1.165, 1.54) is 16.2 Å². The number of fused-ring (bicyclic) bond motifs is 1. The van der Waals surface area contributed by atoms with Crippen molar-refractivity contribution in [3.8, 4) is 10.6 Å². The molecular formula is C16H12ClN3O2S. The minimum absolute atomic E-state index is 0.175. The fourth-order valence-electron chi connectivity index (χ4n) is 3.04. The maximum atomic E-state index is 12.5. The first-order chi connectivity index (χ1) is 11.2. The smallest absolute Gasteiger partial charge is 0.239 e. The van der Waals surface area contributed by atoms with Gasteiger partial charge in [-0.15, -0.1) is 10.2 Å². The van der Waals surface area contributed by atoms with Crippen LogP contribution in [0.2, 0.25) is 5.02 Å². The van der Waals surface area contributed by atoms with Crippen molar-refractivity contribution in [1.82, 2.24) is 10.2 Å². The lowest BCUT2D eigenvalue weighted by molar-refractivity contribution is -0.122. The molecule has 2 heterocycles. The van der Waals surface area contributed by atoms with E-state index < -0.39 is 0 Å². The summed E-state index contributed by atoms with van der Waals surface area (Å²) in [6.07, 6.45) is 5.15. The fourth-order valence-corrected chi connectivity index (χ4v) is 4.21. The molecule has 2 atom stereocenters. The monoisotopic (exact) mass is 345 g/mol. The van der Waals surface area contributed by atoms with Gasteiger partial charge in [0.05, 0.1) is 16.9 Å². The van der Waals surface area contributed by atoms with E-state index in [2.05, 4.69) is 10.2 Å². The zero-order valence-electron chi connectivity index (χ0n) is 12.0. The van der Waals surface area contributed by atoms with Gasteiger partial charge < -0.3 is 0 Å². The summed E-state index contributed by atoms with van der Waals surface area (Å²) < 4.78 is 0. The summed E-state index contributed by atoms with van der Waals surface area (Å²) in [6.45, 7) is 0. The van der Waals surface area contributed by atoms with Gasteiger partial charge in [0.15, 0.2) is 5.01 Å². The van der Waals surface area contributed by atoms with Gasteiger partial charge in [0.25, 0.3) is 0 Å². The second-order valence-corrected chi connectivity index (χ2v) is 6.90. The standard InChI is InChI=1S/C16H12ClN3O2S/c17-12-8-4-3-7-11(12)13-18-19-16(23-13)20-14(21)9-5-1-2-6-10(9)15(20)22/h1-4,7-10H,5-6H2. The Hall–Kier alpha value is -2.05. The molecule has 1 fully saturated rings. The van der Waals surface area contributed by atoms with E-state index in [9.17, 15) is 9.59 Å². The number of rotatable bonds is 2. The van der Waals surface area contributed by atoms with Crippen molar-refractivity contribution in [2.45, 2.75) is 12.8 Å². The van der Waals surface area contributed by atoms with Gasteiger partial charge in [-0.25, -0.2) is 4.90 Å². The average molecular weight is 346 g/mol. The van der Waals surface area contributed by atoms with Gasteiger partial charge in [-0.2, -0.15) is 0 Å². The molecule has 0 spiro atoms. The number of allylic oxidation sites excluding steroid dienone is 2. The van der Waals surface area contributed by atoms with Crippen molar-refractivity contribution in [1.29, 1.82) is 0 Å². The predicted molar refractivity (Wildman–Crippen MR) is 88.2 cm³/mol. The number of hydrogen-bond acceptors (Lipinski definition) is 5. The Morgan fingerprint density at radius 2 is 1.70 bits per heavy atom. The first kappa shape index (κ1) is 14.5. The predicted octanol–water partition coefficient (Wildman–Crippen LogP) is 3.31. The summed E-state index contributed by atoms with van der Waals surface area (Å²) in [7, 11) is 0. The molecule has 2 unspecified atom stereocenters. The van der Waals surface area contributed by atoms with Gasteiger partial charge in [0.1, 0.15) is 0 Å². The number of benzene rings is 1. The zero-order valence-corrected chi connectivity index (χ0v) is 13.5. The summed E-state index contributed by atoms with van der Waals surface area (Å²) in [5.41, 5.74) is 0.746. The Bertz CT molecular complexity index is 806. The average Bonchev–Trinajstić information content (AvgIpc) is 3.13. The van der Waals surface area contributed by atoms with Gasteiger partial charge in [0, 0.05) is 5.56 Å². The molecule has 0 N–H and O–H groups in total. The van der Waals surface area contributed by atoms with E-state index >= 15 is 0 Å². The Kier molecular flexibility index (Phi) is 3.50. The largest absolute Gasteiger partial charge is 0.274 e. The molecule has 23 heavy (non-hydrogen) atoms. The van der Waals surface area contributed by atoms with Gasteiger partial charge in [-0.1, -0.05) is 53.3 Å². The highest BCUT2D eigenvalue weighted by Crippen LogP contribution is 2.40. The maximum absolute atomic E-state index is 12.5.